The molecule has 0 radical (unpaired) electrons. The molecule has 0 aliphatic carbocycles. The number of hydrogen-bond acceptors (Lipinski definition) is 8. The van der Waals surface area contributed by atoms with Gasteiger partial charge in [0.1, 0.15) is 12.1 Å². The molecule has 12 heteroatoms. The Morgan fingerprint density at radius 2 is 0.800 bits per heavy atom. The topological polar surface area (TPSA) is 165 Å². The molecule has 0 unspecified atom stereocenters. The molecule has 0 aliphatic rings. The van der Waals surface area contributed by atoms with E-state index in [4.69, 9.17) is 0 Å². The van der Waals surface area contributed by atoms with Crippen molar-refractivity contribution in [3.63, 3.8) is 0 Å². The number of nitrogens with one attached hydrogen (secondary N) is 3. The summed E-state index contributed by atoms with van der Waals surface area (Å²) in [7, 11) is 0. The van der Waals surface area contributed by atoms with Crippen LogP contribution in [0.3, 0.4) is 0 Å². The molecular weight excluding hydrogens is 1030 g/mol. The molecule has 6 N–H and O–H groups in total. The highest BCUT2D eigenvalue weighted by molar-refractivity contribution is 8.00. The van der Waals surface area contributed by atoms with Gasteiger partial charge in [0.05, 0.1) is 40.6 Å². The van der Waals surface area contributed by atoms with Gasteiger partial charge < -0.3 is 31.3 Å². The molecular formula is C68H67N3O7S2. The molecule has 0 saturated heterocycles. The van der Waals surface area contributed by atoms with Crippen LogP contribution in [-0.2, 0) is 41.5 Å². The Bertz CT molecular complexity index is 3010. The standard InChI is InChI=1S/C68H67N3O7S2/c72-58(43-25-26-44-79-67(52-31-13-3-14-32-52,53-33-15-4-16-34-53)54-35-17-5-18-36-54)47-63(74)69-60(46-51-29-11-2-12-30-51)65(77)71-61(66(78)70-59(62(73)48-64(75)76)45-50-27-9-1-10-28-50)49-80-68(55-37-19-6-20-38-55,56-39-21-7-22-40-56)57-41-23-8-24-42-57/h1-25,27-43,58-62,72-73H,26,44-49H2,(H,69,74)(H,70,78)(H,71,77)(H,75,76)/t58-,59-,60-,61-,62+/m1/s1. The van der Waals surface area contributed by atoms with Gasteiger partial charge in [0, 0.05) is 12.2 Å². The van der Waals surface area contributed by atoms with E-state index in [9.17, 15) is 29.7 Å². The second kappa shape index (κ2) is 29.3. The smallest absolute Gasteiger partial charge is 0.306 e. The van der Waals surface area contributed by atoms with Crippen molar-refractivity contribution in [3.8, 4) is 0 Å². The molecule has 0 aromatic heterocycles. The highest BCUT2D eigenvalue weighted by Gasteiger charge is 2.40. The molecule has 0 saturated carbocycles. The number of allylic oxidation sites excluding steroid dienone is 1. The zero-order valence-corrected chi connectivity index (χ0v) is 46.0. The van der Waals surface area contributed by atoms with Crippen LogP contribution in [0.15, 0.2) is 255 Å². The van der Waals surface area contributed by atoms with Crippen LogP contribution in [0.5, 0.6) is 0 Å². The summed E-state index contributed by atoms with van der Waals surface area (Å²) in [5.74, 6) is -2.45. The Hall–Kier alpha value is -8.00. The van der Waals surface area contributed by atoms with Crippen LogP contribution in [0.2, 0.25) is 0 Å². The van der Waals surface area contributed by atoms with Gasteiger partial charge in [0.15, 0.2) is 0 Å². The number of aliphatic carboxylic acids is 1. The normalized spacial score (nSPS) is 13.5. The number of thioether (sulfide) groups is 2. The first-order valence-electron chi connectivity index (χ1n) is 26.9. The van der Waals surface area contributed by atoms with E-state index < -0.39 is 69.9 Å². The van der Waals surface area contributed by atoms with Crippen molar-refractivity contribution < 1.29 is 34.5 Å². The van der Waals surface area contributed by atoms with Gasteiger partial charge >= 0.3 is 5.97 Å². The molecule has 0 bridgehead atoms. The number of carboxylic acids is 1. The predicted molar refractivity (Wildman–Crippen MR) is 322 cm³/mol. The molecule has 408 valence electrons. The third-order valence-corrected chi connectivity index (χ3v) is 17.2. The third-order valence-electron chi connectivity index (χ3n) is 13.9. The quantitative estimate of drug-likeness (QED) is 0.0159. The van der Waals surface area contributed by atoms with Crippen molar-refractivity contribution in [2.75, 3.05) is 11.5 Å². The van der Waals surface area contributed by atoms with Gasteiger partial charge in [-0.2, -0.15) is 0 Å². The molecule has 8 rings (SSSR count). The van der Waals surface area contributed by atoms with Crippen LogP contribution in [0.1, 0.15) is 63.8 Å². The molecule has 10 nitrogen and oxygen atoms in total. The van der Waals surface area contributed by atoms with Crippen LogP contribution in [-0.4, -0.2) is 80.8 Å². The number of aliphatic hydroxyl groups excluding tert-OH is 2. The van der Waals surface area contributed by atoms with Crippen molar-refractivity contribution >= 4 is 47.2 Å². The number of carbonyl (C=O) groups is 4. The number of carbonyl (C=O) groups excluding carboxylic acids is 3. The number of aliphatic hydroxyl groups is 2. The molecule has 5 atom stereocenters. The summed E-state index contributed by atoms with van der Waals surface area (Å²) < 4.78 is -1.42. The van der Waals surface area contributed by atoms with Crippen molar-refractivity contribution in [1.29, 1.82) is 0 Å². The Morgan fingerprint density at radius 1 is 0.438 bits per heavy atom. The maximum Gasteiger partial charge on any atom is 0.306 e. The van der Waals surface area contributed by atoms with Crippen LogP contribution in [0, 0.1) is 0 Å². The fourth-order valence-electron chi connectivity index (χ4n) is 10.1. The minimum Gasteiger partial charge on any atom is -0.481 e. The molecule has 0 fully saturated rings. The lowest BCUT2D eigenvalue weighted by atomic mass is 9.84. The average molecular weight is 1100 g/mol. The Balaban J connectivity index is 1.04. The van der Waals surface area contributed by atoms with Gasteiger partial charge in [0.2, 0.25) is 17.7 Å². The summed E-state index contributed by atoms with van der Waals surface area (Å²) in [5, 5.41) is 41.3. The summed E-state index contributed by atoms with van der Waals surface area (Å²) >= 11 is 3.24. The zero-order valence-electron chi connectivity index (χ0n) is 44.4. The second-order valence-electron chi connectivity index (χ2n) is 19.5. The fraction of sp³-hybridized carbons (Fsp3) is 0.206. The summed E-state index contributed by atoms with van der Waals surface area (Å²) in [6.07, 6.45) is 0.642. The summed E-state index contributed by atoms with van der Waals surface area (Å²) in [5.41, 5.74) is 7.70. The third kappa shape index (κ3) is 15.4. The van der Waals surface area contributed by atoms with E-state index in [2.05, 4.69) is 88.7 Å². The van der Waals surface area contributed by atoms with E-state index in [0.29, 0.717) is 12.2 Å². The van der Waals surface area contributed by atoms with E-state index in [1.54, 1.807) is 17.8 Å². The zero-order chi connectivity index (χ0) is 56.0. The highest BCUT2D eigenvalue weighted by atomic mass is 32.2. The summed E-state index contributed by atoms with van der Waals surface area (Å²) in [6, 6.07) is 75.8. The van der Waals surface area contributed by atoms with Crippen LogP contribution in [0.4, 0.5) is 0 Å². The Morgan fingerprint density at radius 3 is 1.20 bits per heavy atom. The van der Waals surface area contributed by atoms with Crippen LogP contribution in [0.25, 0.3) is 0 Å². The first-order chi connectivity index (χ1) is 39.0. The van der Waals surface area contributed by atoms with Gasteiger partial charge in [-0.05, 0) is 63.1 Å². The second-order valence-corrected chi connectivity index (χ2v) is 22.1. The maximum absolute atomic E-state index is 15.0. The molecule has 8 aromatic rings. The molecule has 0 spiro atoms. The van der Waals surface area contributed by atoms with E-state index in [1.165, 1.54) is 11.8 Å². The van der Waals surface area contributed by atoms with Crippen molar-refractivity contribution in [3.05, 3.63) is 299 Å². The van der Waals surface area contributed by atoms with E-state index in [0.717, 1.165) is 44.5 Å². The fourth-order valence-corrected chi connectivity index (χ4v) is 13.1. The van der Waals surface area contributed by atoms with E-state index >= 15 is 4.79 Å². The van der Waals surface area contributed by atoms with Crippen LogP contribution < -0.4 is 16.0 Å². The van der Waals surface area contributed by atoms with E-state index in [1.807, 2.05) is 176 Å². The lowest BCUT2D eigenvalue weighted by molar-refractivity contribution is -0.140. The summed E-state index contributed by atoms with van der Waals surface area (Å²) in [4.78, 5) is 56.0. The van der Waals surface area contributed by atoms with Crippen molar-refractivity contribution in [1.82, 2.24) is 16.0 Å². The monoisotopic (exact) mass is 1100 g/mol. The molecule has 8 aromatic carbocycles. The number of carboxylic acid groups (broad SMARTS) is 1. The predicted octanol–water partition coefficient (Wildman–Crippen LogP) is 10.9. The summed E-state index contributed by atoms with van der Waals surface area (Å²) in [6.45, 7) is 0. The minimum absolute atomic E-state index is 0.0136. The number of amides is 3. The highest BCUT2D eigenvalue weighted by Crippen LogP contribution is 2.50. The van der Waals surface area contributed by atoms with Gasteiger partial charge in [-0.25, -0.2) is 0 Å². The van der Waals surface area contributed by atoms with Gasteiger partial charge in [0.25, 0.3) is 0 Å². The first kappa shape index (κ1) is 58.2. The van der Waals surface area contributed by atoms with Crippen molar-refractivity contribution in [2.45, 2.75) is 71.9 Å². The number of benzene rings is 8. The van der Waals surface area contributed by atoms with Gasteiger partial charge in [-0.3, -0.25) is 19.2 Å². The molecule has 0 heterocycles. The van der Waals surface area contributed by atoms with Gasteiger partial charge in [-0.15, -0.1) is 23.5 Å². The van der Waals surface area contributed by atoms with Gasteiger partial charge in [-0.1, -0.05) is 255 Å². The average Bonchev–Trinajstić information content (AvgIpc) is 3.63. The lowest BCUT2D eigenvalue weighted by Crippen LogP contribution is -2.58. The van der Waals surface area contributed by atoms with E-state index in [-0.39, 0.29) is 25.0 Å². The number of rotatable bonds is 28. The maximum atomic E-state index is 15.0. The first-order valence-corrected chi connectivity index (χ1v) is 28.9. The minimum atomic E-state index is -1.48. The lowest BCUT2D eigenvalue weighted by Gasteiger charge is -2.37. The molecule has 80 heavy (non-hydrogen) atoms. The van der Waals surface area contributed by atoms with Crippen LogP contribution >= 0.6 is 23.5 Å². The SMILES string of the molecule is O=C(O)C[C@H](O)[C@@H](Cc1ccccc1)NC(=O)[C@@H](CSC(c1ccccc1)(c1ccccc1)c1ccccc1)NC(=O)[C@@H](Cc1ccccc1)NC(=O)C[C@H](O)C=CCCSC(c1ccccc1)(c1ccccc1)c1ccccc1. The molecule has 0 aliphatic heterocycles. The van der Waals surface area contributed by atoms with Crippen molar-refractivity contribution in [2.24, 2.45) is 0 Å². The number of hydrogen-bond donors (Lipinski definition) is 6. The Kier molecular flexibility index (Phi) is 21.3. The largest absolute Gasteiger partial charge is 0.481 e. The Labute approximate surface area is 477 Å². The molecule has 3 amide bonds.